The van der Waals surface area contributed by atoms with Gasteiger partial charge >= 0.3 is 6.03 Å². The van der Waals surface area contributed by atoms with Crippen LogP contribution < -0.4 is 5.32 Å². The fourth-order valence-electron chi connectivity index (χ4n) is 3.05. The lowest BCUT2D eigenvalue weighted by molar-refractivity contribution is 0.126. The maximum atomic E-state index is 12.6. The van der Waals surface area contributed by atoms with Gasteiger partial charge in [-0.1, -0.05) is 43.7 Å². The average Bonchev–Trinajstić information content (AvgIpc) is 3.25. The fourth-order valence-corrected chi connectivity index (χ4v) is 3.05. The Kier molecular flexibility index (Phi) is 5.69. The maximum absolute atomic E-state index is 12.6. The number of nitrogens with zero attached hydrogens (tertiary/aromatic N) is 1. The molecule has 0 aliphatic heterocycles. The number of nitrogens with one attached hydrogen (secondary N) is 1. The van der Waals surface area contributed by atoms with Gasteiger partial charge in [0.15, 0.2) is 0 Å². The Balaban J connectivity index is 1.94. The minimum atomic E-state index is -0.353. The summed E-state index contributed by atoms with van der Waals surface area (Å²) < 4.78 is 0. The first-order valence-corrected chi connectivity index (χ1v) is 8.55. The maximum Gasteiger partial charge on any atom is 0.317 e. The lowest BCUT2D eigenvalue weighted by atomic mass is 9.87. The second kappa shape index (κ2) is 7.35. The predicted octanol–water partition coefficient (Wildman–Crippen LogP) is 3.47. The second-order valence-corrected chi connectivity index (χ2v) is 7.72. The third-order valence-electron chi connectivity index (χ3n) is 4.25. The van der Waals surface area contributed by atoms with Gasteiger partial charge in [0.05, 0.1) is 6.10 Å². The third kappa shape index (κ3) is 5.87. The summed E-state index contributed by atoms with van der Waals surface area (Å²) in [5, 5.41) is 12.6. The molecule has 2 rings (SSSR count). The number of aliphatic hydroxyl groups is 1. The molecule has 0 spiro atoms. The van der Waals surface area contributed by atoms with E-state index in [0.29, 0.717) is 25.6 Å². The van der Waals surface area contributed by atoms with Crippen LogP contribution in [-0.4, -0.2) is 34.7 Å². The van der Waals surface area contributed by atoms with E-state index in [0.717, 1.165) is 12.8 Å². The van der Waals surface area contributed by atoms with Crippen molar-refractivity contribution >= 4 is 6.03 Å². The molecule has 1 aromatic rings. The van der Waals surface area contributed by atoms with Gasteiger partial charge in [-0.15, -0.1) is 0 Å². The van der Waals surface area contributed by atoms with Gasteiger partial charge in [-0.3, -0.25) is 0 Å². The van der Waals surface area contributed by atoms with E-state index >= 15 is 0 Å². The molecule has 1 fully saturated rings. The summed E-state index contributed by atoms with van der Waals surface area (Å²) in [6.07, 6.45) is 2.51. The van der Waals surface area contributed by atoms with E-state index in [9.17, 15) is 9.90 Å². The number of hydrogen-bond acceptors (Lipinski definition) is 2. The van der Waals surface area contributed by atoms with Gasteiger partial charge < -0.3 is 15.3 Å². The molecule has 2 N–H and O–H groups in total. The Labute approximate surface area is 139 Å². The van der Waals surface area contributed by atoms with Crippen LogP contribution in [0.4, 0.5) is 4.79 Å². The van der Waals surface area contributed by atoms with Gasteiger partial charge in [-0.2, -0.15) is 0 Å². The molecular weight excluding hydrogens is 288 g/mol. The first kappa shape index (κ1) is 17.8. The Morgan fingerprint density at radius 2 is 2.13 bits per heavy atom. The highest BCUT2D eigenvalue weighted by Gasteiger charge is 2.33. The molecule has 1 aliphatic rings. The largest absolute Gasteiger partial charge is 0.393 e. The van der Waals surface area contributed by atoms with Gasteiger partial charge in [0.1, 0.15) is 0 Å². The molecule has 128 valence electrons. The molecule has 4 heteroatoms. The Morgan fingerprint density at radius 1 is 1.43 bits per heavy atom. The zero-order valence-electron chi connectivity index (χ0n) is 14.8. The molecular formula is C19H30N2O2. The Morgan fingerprint density at radius 3 is 2.70 bits per heavy atom. The van der Waals surface area contributed by atoms with Crippen LogP contribution in [0, 0.1) is 12.3 Å². The molecule has 0 aromatic heterocycles. The highest BCUT2D eigenvalue weighted by atomic mass is 16.3. The van der Waals surface area contributed by atoms with Crippen molar-refractivity contribution < 1.29 is 9.90 Å². The number of amides is 2. The highest BCUT2D eigenvalue weighted by Crippen LogP contribution is 2.29. The van der Waals surface area contributed by atoms with Crippen molar-refractivity contribution in [1.82, 2.24) is 10.2 Å². The van der Waals surface area contributed by atoms with Crippen molar-refractivity contribution in [2.24, 2.45) is 5.41 Å². The van der Waals surface area contributed by atoms with Gasteiger partial charge in [-0.05, 0) is 44.1 Å². The number of aryl methyl sites for hydroxylation is 1. The molecule has 23 heavy (non-hydrogen) atoms. The van der Waals surface area contributed by atoms with E-state index in [1.165, 1.54) is 11.1 Å². The molecule has 1 atom stereocenters. The first-order valence-electron chi connectivity index (χ1n) is 8.55. The van der Waals surface area contributed by atoms with Crippen LogP contribution in [-0.2, 0) is 6.54 Å². The molecule has 1 aliphatic carbocycles. The second-order valence-electron chi connectivity index (χ2n) is 7.72. The molecule has 4 nitrogen and oxygen atoms in total. The normalized spacial score (nSPS) is 16.0. The molecule has 1 saturated carbocycles. The quantitative estimate of drug-likeness (QED) is 0.809. The van der Waals surface area contributed by atoms with Crippen LogP contribution in [0.25, 0.3) is 0 Å². The molecule has 0 bridgehead atoms. The fraction of sp³-hybridized carbons (Fsp3) is 0.632. The molecule has 0 saturated heterocycles. The minimum absolute atomic E-state index is 0.00711. The van der Waals surface area contributed by atoms with E-state index in [1.54, 1.807) is 6.92 Å². The lowest BCUT2D eigenvalue weighted by Crippen LogP contribution is -2.44. The summed E-state index contributed by atoms with van der Waals surface area (Å²) in [5.74, 6) is 0. The molecule has 0 heterocycles. The number of aliphatic hydroxyl groups excluding tert-OH is 1. The van der Waals surface area contributed by atoms with Gasteiger partial charge in [-0.25, -0.2) is 4.79 Å². The minimum Gasteiger partial charge on any atom is -0.393 e. The topological polar surface area (TPSA) is 52.6 Å². The summed E-state index contributed by atoms with van der Waals surface area (Å²) in [6.45, 7) is 9.24. The van der Waals surface area contributed by atoms with E-state index in [1.807, 2.05) is 11.0 Å². The van der Waals surface area contributed by atoms with Crippen LogP contribution in [0.3, 0.4) is 0 Å². The predicted molar refractivity (Wildman–Crippen MR) is 93.2 cm³/mol. The zero-order chi connectivity index (χ0) is 17.0. The summed E-state index contributed by atoms with van der Waals surface area (Å²) in [4.78, 5) is 14.6. The van der Waals surface area contributed by atoms with Crippen molar-refractivity contribution in [3.05, 3.63) is 35.4 Å². The number of rotatable bonds is 7. The number of hydrogen-bond donors (Lipinski definition) is 2. The van der Waals surface area contributed by atoms with Crippen molar-refractivity contribution in [2.45, 2.75) is 65.6 Å². The van der Waals surface area contributed by atoms with E-state index in [2.05, 4.69) is 44.3 Å². The SMILES string of the molecule is Cc1cccc(CN(C(=O)NCC(C)(C)CC(C)O)C2CC2)c1. The van der Waals surface area contributed by atoms with Crippen LogP contribution in [0.15, 0.2) is 24.3 Å². The smallest absolute Gasteiger partial charge is 0.317 e. The monoisotopic (exact) mass is 318 g/mol. The standard InChI is InChI=1S/C19H30N2O2/c1-14-6-5-7-16(10-14)12-21(17-8-9-17)18(23)20-13-19(3,4)11-15(2)22/h5-7,10,15,17,22H,8-9,11-13H2,1-4H3,(H,20,23). The van der Waals surface area contributed by atoms with Gasteiger partial charge in [0.25, 0.3) is 0 Å². The summed E-state index contributed by atoms with van der Waals surface area (Å²) in [6, 6.07) is 8.71. The van der Waals surface area contributed by atoms with E-state index in [4.69, 9.17) is 0 Å². The van der Waals surface area contributed by atoms with Crippen LogP contribution in [0.1, 0.15) is 51.2 Å². The molecule has 2 amide bonds. The number of urea groups is 1. The van der Waals surface area contributed by atoms with Crippen molar-refractivity contribution in [3.8, 4) is 0 Å². The molecule has 0 radical (unpaired) electrons. The van der Waals surface area contributed by atoms with Crippen molar-refractivity contribution in [2.75, 3.05) is 6.54 Å². The molecule has 1 unspecified atom stereocenters. The van der Waals surface area contributed by atoms with Crippen LogP contribution >= 0.6 is 0 Å². The van der Waals surface area contributed by atoms with Gasteiger partial charge in [0, 0.05) is 19.1 Å². The molecule has 1 aromatic carbocycles. The third-order valence-corrected chi connectivity index (χ3v) is 4.25. The Bertz CT molecular complexity index is 536. The first-order chi connectivity index (χ1) is 10.8. The van der Waals surface area contributed by atoms with Crippen LogP contribution in [0.2, 0.25) is 0 Å². The van der Waals surface area contributed by atoms with Gasteiger partial charge in [0.2, 0.25) is 0 Å². The zero-order valence-corrected chi connectivity index (χ0v) is 14.8. The number of benzene rings is 1. The summed E-state index contributed by atoms with van der Waals surface area (Å²) in [7, 11) is 0. The van der Waals surface area contributed by atoms with E-state index < -0.39 is 0 Å². The lowest BCUT2D eigenvalue weighted by Gasteiger charge is -2.29. The highest BCUT2D eigenvalue weighted by molar-refractivity contribution is 5.75. The number of carbonyl (C=O) groups is 1. The summed E-state index contributed by atoms with van der Waals surface area (Å²) in [5.41, 5.74) is 2.29. The Hall–Kier alpha value is -1.55. The van der Waals surface area contributed by atoms with Crippen LogP contribution in [0.5, 0.6) is 0 Å². The van der Waals surface area contributed by atoms with Crippen molar-refractivity contribution in [3.63, 3.8) is 0 Å². The van der Waals surface area contributed by atoms with Crippen molar-refractivity contribution in [1.29, 1.82) is 0 Å². The number of carbonyl (C=O) groups excluding carboxylic acids is 1. The average molecular weight is 318 g/mol. The van der Waals surface area contributed by atoms with E-state index in [-0.39, 0.29) is 17.6 Å². The summed E-state index contributed by atoms with van der Waals surface area (Å²) >= 11 is 0.